The van der Waals surface area contributed by atoms with Crippen molar-refractivity contribution in [2.45, 2.75) is 31.0 Å². The molecule has 1 atom stereocenters. The Hall–Kier alpha value is -1.10. The third-order valence-corrected chi connectivity index (χ3v) is 4.59. The molecule has 21 heavy (non-hydrogen) atoms. The SMILES string of the molecule is CN(C)CCCN1C(=O)C2(CC2)NC1c1ccc(Cl)cc1. The zero-order chi connectivity index (χ0) is 15.0. The van der Waals surface area contributed by atoms with E-state index < -0.39 is 0 Å². The molecule has 2 fully saturated rings. The first kappa shape index (κ1) is 14.8. The van der Waals surface area contributed by atoms with E-state index in [4.69, 9.17) is 11.6 Å². The summed E-state index contributed by atoms with van der Waals surface area (Å²) in [5.74, 6) is 0.265. The maximum absolute atomic E-state index is 12.6. The molecule has 1 spiro atoms. The lowest BCUT2D eigenvalue weighted by atomic mass is 10.1. The third kappa shape index (κ3) is 2.93. The molecule has 1 aromatic rings. The van der Waals surface area contributed by atoms with E-state index in [1.54, 1.807) is 0 Å². The highest BCUT2D eigenvalue weighted by Crippen LogP contribution is 2.45. The van der Waals surface area contributed by atoms with Crippen LogP contribution in [0.5, 0.6) is 0 Å². The summed E-state index contributed by atoms with van der Waals surface area (Å²) in [6.07, 6.45) is 2.89. The van der Waals surface area contributed by atoms with Crippen molar-refractivity contribution in [3.8, 4) is 0 Å². The molecule has 1 aliphatic carbocycles. The van der Waals surface area contributed by atoms with Gasteiger partial charge in [-0.05, 0) is 57.6 Å². The van der Waals surface area contributed by atoms with Crippen LogP contribution in [0.2, 0.25) is 5.02 Å². The summed E-state index contributed by atoms with van der Waals surface area (Å²) in [5, 5.41) is 4.26. The Labute approximate surface area is 131 Å². The van der Waals surface area contributed by atoms with E-state index in [0.717, 1.165) is 42.9 Å². The Balaban J connectivity index is 1.76. The number of hydrogen-bond donors (Lipinski definition) is 1. The number of carbonyl (C=O) groups is 1. The maximum atomic E-state index is 12.6. The fourth-order valence-electron chi connectivity index (χ4n) is 2.97. The molecule has 0 aromatic heterocycles. The summed E-state index contributed by atoms with van der Waals surface area (Å²) >= 11 is 5.96. The molecule has 114 valence electrons. The molecule has 1 saturated heterocycles. The molecule has 0 bridgehead atoms. The van der Waals surface area contributed by atoms with Crippen molar-refractivity contribution >= 4 is 17.5 Å². The zero-order valence-electron chi connectivity index (χ0n) is 12.6. The van der Waals surface area contributed by atoms with Crippen molar-refractivity contribution in [3.05, 3.63) is 34.9 Å². The van der Waals surface area contributed by atoms with Gasteiger partial charge in [0.2, 0.25) is 5.91 Å². The minimum absolute atomic E-state index is 0.0144. The largest absolute Gasteiger partial charge is 0.321 e. The van der Waals surface area contributed by atoms with Gasteiger partial charge in [-0.1, -0.05) is 23.7 Å². The molecule has 1 aliphatic heterocycles. The van der Waals surface area contributed by atoms with E-state index in [9.17, 15) is 4.79 Å². The highest BCUT2D eigenvalue weighted by atomic mass is 35.5. The zero-order valence-corrected chi connectivity index (χ0v) is 13.4. The van der Waals surface area contributed by atoms with Gasteiger partial charge < -0.3 is 9.80 Å². The van der Waals surface area contributed by atoms with Gasteiger partial charge in [-0.2, -0.15) is 0 Å². The molecular formula is C16H22ClN3O. The number of nitrogens with one attached hydrogen (secondary N) is 1. The number of amides is 1. The molecule has 0 radical (unpaired) electrons. The van der Waals surface area contributed by atoms with E-state index in [2.05, 4.69) is 24.3 Å². The highest BCUT2D eigenvalue weighted by Gasteiger charge is 2.59. The fraction of sp³-hybridized carbons (Fsp3) is 0.562. The van der Waals surface area contributed by atoms with Crippen LogP contribution in [0.4, 0.5) is 0 Å². The number of nitrogens with zero attached hydrogens (tertiary/aromatic N) is 2. The molecule has 1 unspecified atom stereocenters. The van der Waals surface area contributed by atoms with Gasteiger partial charge >= 0.3 is 0 Å². The quantitative estimate of drug-likeness (QED) is 0.906. The molecule has 1 N–H and O–H groups in total. The third-order valence-electron chi connectivity index (χ3n) is 4.34. The molecule has 1 saturated carbocycles. The Morgan fingerprint density at radius 3 is 2.57 bits per heavy atom. The van der Waals surface area contributed by atoms with Gasteiger partial charge in [-0.3, -0.25) is 10.1 Å². The smallest absolute Gasteiger partial charge is 0.244 e. The first-order chi connectivity index (χ1) is 10.0. The monoisotopic (exact) mass is 307 g/mol. The van der Waals surface area contributed by atoms with Gasteiger partial charge in [-0.15, -0.1) is 0 Å². The van der Waals surface area contributed by atoms with Gasteiger partial charge in [0, 0.05) is 11.6 Å². The van der Waals surface area contributed by atoms with Crippen molar-refractivity contribution < 1.29 is 4.79 Å². The molecule has 4 nitrogen and oxygen atoms in total. The second kappa shape index (κ2) is 5.59. The van der Waals surface area contributed by atoms with E-state index in [1.165, 1.54) is 0 Å². The van der Waals surface area contributed by atoms with Crippen LogP contribution >= 0.6 is 11.6 Å². The number of carbonyl (C=O) groups excluding carboxylic acids is 1. The lowest BCUT2D eigenvalue weighted by Crippen LogP contribution is -2.34. The van der Waals surface area contributed by atoms with Crippen molar-refractivity contribution in [2.24, 2.45) is 0 Å². The molecular weight excluding hydrogens is 286 g/mol. The second-order valence-electron chi connectivity index (χ2n) is 6.34. The van der Waals surface area contributed by atoms with Crippen molar-refractivity contribution in [1.82, 2.24) is 15.1 Å². The van der Waals surface area contributed by atoms with Crippen LogP contribution in [0.15, 0.2) is 24.3 Å². The summed E-state index contributed by atoms with van der Waals surface area (Å²) in [6, 6.07) is 7.79. The predicted molar refractivity (Wildman–Crippen MR) is 84.2 cm³/mol. The Kier molecular flexibility index (Phi) is 3.95. The van der Waals surface area contributed by atoms with Crippen LogP contribution in [-0.2, 0) is 4.79 Å². The predicted octanol–water partition coefficient (Wildman–Crippen LogP) is 2.25. The summed E-state index contributed by atoms with van der Waals surface area (Å²) in [6.45, 7) is 1.78. The van der Waals surface area contributed by atoms with Gasteiger partial charge in [0.15, 0.2) is 0 Å². The number of halogens is 1. The summed E-state index contributed by atoms with van der Waals surface area (Å²) < 4.78 is 0. The maximum Gasteiger partial charge on any atom is 0.244 e. The van der Waals surface area contributed by atoms with Gasteiger partial charge in [0.05, 0.1) is 0 Å². The van der Waals surface area contributed by atoms with Gasteiger partial charge in [0.25, 0.3) is 0 Å². The second-order valence-corrected chi connectivity index (χ2v) is 6.77. The fourth-order valence-corrected chi connectivity index (χ4v) is 3.10. The average molecular weight is 308 g/mol. The van der Waals surface area contributed by atoms with Crippen LogP contribution in [0.25, 0.3) is 0 Å². The van der Waals surface area contributed by atoms with E-state index in [1.807, 2.05) is 29.2 Å². The summed E-state index contributed by atoms with van der Waals surface area (Å²) in [4.78, 5) is 16.8. The molecule has 1 amide bonds. The summed E-state index contributed by atoms with van der Waals surface area (Å²) in [5.41, 5.74) is 0.837. The molecule has 1 heterocycles. The van der Waals surface area contributed by atoms with Crippen molar-refractivity contribution in [2.75, 3.05) is 27.2 Å². The van der Waals surface area contributed by atoms with Gasteiger partial charge in [-0.25, -0.2) is 0 Å². The van der Waals surface area contributed by atoms with Crippen molar-refractivity contribution in [3.63, 3.8) is 0 Å². The normalized spacial score (nSPS) is 23.3. The lowest BCUT2D eigenvalue weighted by Gasteiger charge is -2.25. The molecule has 3 rings (SSSR count). The van der Waals surface area contributed by atoms with E-state index in [-0.39, 0.29) is 17.6 Å². The standard InChI is InChI=1S/C16H22ClN3O/c1-19(2)10-3-11-20-14(12-4-6-13(17)7-5-12)18-16(8-9-16)15(20)21/h4-7,14,18H,3,8-11H2,1-2H3. The van der Waals surface area contributed by atoms with Crippen LogP contribution < -0.4 is 5.32 Å². The first-order valence-electron chi connectivity index (χ1n) is 7.51. The number of benzene rings is 1. The highest BCUT2D eigenvalue weighted by molar-refractivity contribution is 6.30. The number of rotatable bonds is 5. The minimum atomic E-state index is -0.275. The Morgan fingerprint density at radius 2 is 2.00 bits per heavy atom. The van der Waals surface area contributed by atoms with Crippen LogP contribution in [0.3, 0.4) is 0 Å². The van der Waals surface area contributed by atoms with Crippen LogP contribution in [0, 0.1) is 0 Å². The Bertz CT molecular complexity index is 525. The van der Waals surface area contributed by atoms with Crippen LogP contribution in [-0.4, -0.2) is 48.4 Å². The van der Waals surface area contributed by atoms with E-state index in [0.29, 0.717) is 0 Å². The molecule has 1 aromatic carbocycles. The minimum Gasteiger partial charge on any atom is -0.321 e. The number of hydrogen-bond acceptors (Lipinski definition) is 3. The topological polar surface area (TPSA) is 35.6 Å². The average Bonchev–Trinajstić information content (AvgIpc) is 3.17. The first-order valence-corrected chi connectivity index (χ1v) is 7.89. The molecule has 5 heteroatoms. The van der Waals surface area contributed by atoms with Crippen molar-refractivity contribution in [1.29, 1.82) is 0 Å². The van der Waals surface area contributed by atoms with Gasteiger partial charge in [0.1, 0.15) is 11.7 Å². The molecule has 2 aliphatic rings. The summed E-state index contributed by atoms with van der Waals surface area (Å²) in [7, 11) is 4.12. The lowest BCUT2D eigenvalue weighted by molar-refractivity contribution is -0.130. The van der Waals surface area contributed by atoms with E-state index >= 15 is 0 Å². The van der Waals surface area contributed by atoms with Crippen LogP contribution in [0.1, 0.15) is 31.0 Å². The Morgan fingerprint density at radius 1 is 1.33 bits per heavy atom.